The van der Waals surface area contributed by atoms with Crippen molar-refractivity contribution < 1.29 is 9.53 Å². The lowest BCUT2D eigenvalue weighted by Crippen LogP contribution is -2.41. The second-order valence-corrected chi connectivity index (χ2v) is 6.93. The highest BCUT2D eigenvalue weighted by atomic mass is 16.5. The molecule has 3 rings (SSSR count). The van der Waals surface area contributed by atoms with Crippen molar-refractivity contribution in [2.24, 2.45) is 0 Å². The van der Waals surface area contributed by atoms with E-state index in [0.717, 1.165) is 57.1 Å². The van der Waals surface area contributed by atoms with Gasteiger partial charge in [0.25, 0.3) is 5.91 Å². The fourth-order valence-corrected chi connectivity index (χ4v) is 3.39. The van der Waals surface area contributed by atoms with Gasteiger partial charge in [-0.25, -0.2) is 4.98 Å². The highest BCUT2D eigenvalue weighted by molar-refractivity contribution is 5.92. The van der Waals surface area contributed by atoms with E-state index in [0.29, 0.717) is 12.2 Å². The number of pyridine rings is 1. The maximum atomic E-state index is 12.3. The lowest BCUT2D eigenvalue weighted by molar-refractivity contribution is 0.0383. The summed E-state index contributed by atoms with van der Waals surface area (Å²) < 4.78 is 5.33. The van der Waals surface area contributed by atoms with Gasteiger partial charge in [0.1, 0.15) is 5.69 Å². The normalized spacial score (nSPS) is 14.6. The number of aryl methyl sites for hydroxylation is 2. The molecule has 1 aromatic carbocycles. The number of para-hydroxylation sites is 1. The number of morpholine rings is 1. The summed E-state index contributed by atoms with van der Waals surface area (Å²) in [5, 5.41) is 6.43. The third kappa shape index (κ3) is 5.30. The molecule has 0 atom stereocenters. The van der Waals surface area contributed by atoms with Crippen LogP contribution in [0.4, 0.5) is 11.4 Å². The highest BCUT2D eigenvalue weighted by Crippen LogP contribution is 2.26. The Balaban J connectivity index is 1.57. The summed E-state index contributed by atoms with van der Waals surface area (Å²) in [5.74, 6) is -0.136. The second kappa shape index (κ2) is 10.2. The summed E-state index contributed by atoms with van der Waals surface area (Å²) >= 11 is 0. The fourth-order valence-electron chi connectivity index (χ4n) is 3.39. The van der Waals surface area contributed by atoms with Crippen LogP contribution in [0.2, 0.25) is 0 Å². The van der Waals surface area contributed by atoms with Crippen molar-refractivity contribution in [2.75, 3.05) is 44.7 Å². The number of rotatable bonds is 8. The molecule has 1 aliphatic rings. The molecule has 1 amide bonds. The van der Waals surface area contributed by atoms with E-state index in [1.807, 2.05) is 6.07 Å². The van der Waals surface area contributed by atoms with E-state index in [9.17, 15) is 4.79 Å². The first-order valence-corrected chi connectivity index (χ1v) is 10.1. The van der Waals surface area contributed by atoms with Crippen LogP contribution >= 0.6 is 0 Å². The number of carbonyl (C=O) groups excluding carboxylic acids is 1. The minimum absolute atomic E-state index is 0.136. The Morgan fingerprint density at radius 2 is 1.82 bits per heavy atom. The molecule has 2 N–H and O–H groups in total. The van der Waals surface area contributed by atoms with Gasteiger partial charge in [-0.05, 0) is 36.1 Å². The molecule has 0 aliphatic carbocycles. The highest BCUT2D eigenvalue weighted by Gasteiger charge is 2.12. The zero-order chi connectivity index (χ0) is 19.8. The maximum Gasteiger partial charge on any atom is 0.269 e. The second-order valence-electron chi connectivity index (χ2n) is 6.93. The predicted molar refractivity (Wildman–Crippen MR) is 112 cm³/mol. The molecule has 28 heavy (non-hydrogen) atoms. The van der Waals surface area contributed by atoms with Crippen LogP contribution in [-0.2, 0) is 17.6 Å². The minimum atomic E-state index is -0.136. The predicted octanol–water partition coefficient (Wildman–Crippen LogP) is 3.01. The van der Waals surface area contributed by atoms with Gasteiger partial charge in [-0.1, -0.05) is 32.0 Å². The Morgan fingerprint density at radius 3 is 2.43 bits per heavy atom. The number of amides is 1. The number of hydrogen-bond acceptors (Lipinski definition) is 5. The van der Waals surface area contributed by atoms with E-state index < -0.39 is 0 Å². The Labute approximate surface area is 167 Å². The molecule has 1 aliphatic heterocycles. The number of benzene rings is 1. The molecule has 1 saturated heterocycles. The van der Waals surface area contributed by atoms with Gasteiger partial charge in [0, 0.05) is 31.9 Å². The maximum absolute atomic E-state index is 12.3. The van der Waals surface area contributed by atoms with Crippen molar-refractivity contribution in [3.05, 3.63) is 53.3 Å². The van der Waals surface area contributed by atoms with Crippen LogP contribution in [0.25, 0.3) is 0 Å². The van der Waals surface area contributed by atoms with Gasteiger partial charge in [-0.3, -0.25) is 9.69 Å². The summed E-state index contributed by atoms with van der Waals surface area (Å²) in [6.07, 6.45) is 3.66. The average molecular weight is 383 g/mol. The Kier molecular flexibility index (Phi) is 7.39. The molecule has 2 heterocycles. The molecule has 0 saturated carbocycles. The van der Waals surface area contributed by atoms with Crippen molar-refractivity contribution in [1.29, 1.82) is 0 Å². The molecule has 2 aromatic rings. The van der Waals surface area contributed by atoms with Crippen molar-refractivity contribution in [2.45, 2.75) is 26.7 Å². The van der Waals surface area contributed by atoms with Crippen LogP contribution in [0, 0.1) is 0 Å². The van der Waals surface area contributed by atoms with Crippen molar-refractivity contribution in [1.82, 2.24) is 15.2 Å². The molecule has 1 aromatic heterocycles. The van der Waals surface area contributed by atoms with Crippen molar-refractivity contribution >= 4 is 17.3 Å². The quantitative estimate of drug-likeness (QED) is 0.735. The third-order valence-corrected chi connectivity index (χ3v) is 5.08. The fraction of sp³-hybridized carbons (Fsp3) is 0.455. The molecule has 6 nitrogen and oxygen atoms in total. The molecule has 0 unspecified atom stereocenters. The molecule has 0 radical (unpaired) electrons. The van der Waals surface area contributed by atoms with Gasteiger partial charge >= 0.3 is 0 Å². The summed E-state index contributed by atoms with van der Waals surface area (Å²) in [5.41, 5.74) is 5.04. The van der Waals surface area contributed by atoms with E-state index in [1.54, 1.807) is 12.3 Å². The van der Waals surface area contributed by atoms with Crippen LogP contribution in [0.15, 0.2) is 36.5 Å². The first-order chi connectivity index (χ1) is 13.7. The van der Waals surface area contributed by atoms with E-state index in [1.165, 1.54) is 11.1 Å². The standard InChI is InChI=1S/C22H30N4O2/c1-3-17-6-5-7-18(4-2)21(17)25-19-8-9-20(24-16-19)22(27)23-10-11-26-12-14-28-15-13-26/h5-9,16,25H,3-4,10-15H2,1-2H3,(H,23,27). The van der Waals surface area contributed by atoms with E-state index in [-0.39, 0.29) is 5.91 Å². The van der Waals surface area contributed by atoms with E-state index in [2.05, 4.69) is 52.6 Å². The topological polar surface area (TPSA) is 66.5 Å². The smallest absolute Gasteiger partial charge is 0.269 e. The third-order valence-electron chi connectivity index (χ3n) is 5.08. The first-order valence-electron chi connectivity index (χ1n) is 10.1. The summed E-state index contributed by atoms with van der Waals surface area (Å²) in [4.78, 5) is 19.0. The minimum Gasteiger partial charge on any atom is -0.379 e. The molecular weight excluding hydrogens is 352 g/mol. The van der Waals surface area contributed by atoms with E-state index >= 15 is 0 Å². The van der Waals surface area contributed by atoms with Gasteiger partial charge in [0.2, 0.25) is 0 Å². The molecule has 0 spiro atoms. The SMILES string of the molecule is CCc1cccc(CC)c1Nc1ccc(C(=O)NCCN2CCOCC2)nc1. The Hall–Kier alpha value is -2.44. The zero-order valence-corrected chi connectivity index (χ0v) is 16.8. The van der Waals surface area contributed by atoms with Gasteiger partial charge in [-0.15, -0.1) is 0 Å². The Morgan fingerprint density at radius 1 is 1.11 bits per heavy atom. The molecule has 6 heteroatoms. The lowest BCUT2D eigenvalue weighted by Gasteiger charge is -2.26. The molecule has 150 valence electrons. The number of anilines is 2. The largest absolute Gasteiger partial charge is 0.379 e. The number of aromatic nitrogens is 1. The van der Waals surface area contributed by atoms with Crippen LogP contribution < -0.4 is 10.6 Å². The lowest BCUT2D eigenvalue weighted by atomic mass is 10.0. The van der Waals surface area contributed by atoms with Gasteiger partial charge in [0.05, 0.1) is 25.1 Å². The van der Waals surface area contributed by atoms with Gasteiger partial charge < -0.3 is 15.4 Å². The van der Waals surface area contributed by atoms with Crippen molar-refractivity contribution in [3.8, 4) is 0 Å². The van der Waals surface area contributed by atoms with Gasteiger partial charge in [0.15, 0.2) is 0 Å². The summed E-state index contributed by atoms with van der Waals surface area (Å²) in [6.45, 7) is 9.15. The molecule has 1 fully saturated rings. The number of carbonyl (C=O) groups is 1. The number of nitrogens with zero attached hydrogens (tertiary/aromatic N) is 2. The summed E-state index contributed by atoms with van der Waals surface area (Å²) in [7, 11) is 0. The molecule has 0 bridgehead atoms. The number of ether oxygens (including phenoxy) is 1. The summed E-state index contributed by atoms with van der Waals surface area (Å²) in [6, 6.07) is 10.1. The van der Waals surface area contributed by atoms with E-state index in [4.69, 9.17) is 4.74 Å². The van der Waals surface area contributed by atoms with Crippen LogP contribution in [0.3, 0.4) is 0 Å². The van der Waals surface area contributed by atoms with Crippen LogP contribution in [0.5, 0.6) is 0 Å². The van der Waals surface area contributed by atoms with Crippen molar-refractivity contribution in [3.63, 3.8) is 0 Å². The zero-order valence-electron chi connectivity index (χ0n) is 16.8. The Bertz CT molecular complexity index is 748. The average Bonchev–Trinajstić information content (AvgIpc) is 2.75. The van der Waals surface area contributed by atoms with Crippen LogP contribution in [-0.4, -0.2) is 55.2 Å². The number of hydrogen-bond donors (Lipinski definition) is 2. The monoisotopic (exact) mass is 382 g/mol. The first kappa shape index (κ1) is 20.3. The molecular formula is C22H30N4O2. The van der Waals surface area contributed by atoms with Crippen LogP contribution in [0.1, 0.15) is 35.5 Å². The number of nitrogens with one attached hydrogen (secondary N) is 2. The van der Waals surface area contributed by atoms with Gasteiger partial charge in [-0.2, -0.15) is 0 Å².